The molecule has 0 spiro atoms. The van der Waals surface area contributed by atoms with E-state index < -0.39 is 6.09 Å². The number of hydrogen-bond acceptors (Lipinski definition) is 4. The van der Waals surface area contributed by atoms with E-state index in [0.29, 0.717) is 28.7 Å². The van der Waals surface area contributed by atoms with Crippen LogP contribution in [0.25, 0.3) is 0 Å². The molecule has 0 aromatic heterocycles. The molecule has 31 heavy (non-hydrogen) atoms. The lowest BCUT2D eigenvalue weighted by Crippen LogP contribution is -2.44. The molecule has 2 aliphatic rings. The zero-order valence-corrected chi connectivity index (χ0v) is 18.2. The molecule has 0 unspecified atom stereocenters. The summed E-state index contributed by atoms with van der Waals surface area (Å²) in [5.74, 6) is 2.30. The van der Waals surface area contributed by atoms with Crippen LogP contribution in [0.4, 0.5) is 10.5 Å². The quantitative estimate of drug-likeness (QED) is 0.729. The number of anilines is 1. The number of hydrogen-bond donors (Lipinski definition) is 1. The van der Waals surface area contributed by atoms with Crippen molar-refractivity contribution in [1.29, 1.82) is 0 Å². The number of nitrogens with one attached hydrogen (secondary N) is 1. The third-order valence-electron chi connectivity index (χ3n) is 6.49. The highest BCUT2D eigenvalue weighted by Crippen LogP contribution is 2.37. The van der Waals surface area contributed by atoms with Crippen LogP contribution >= 0.6 is 0 Å². The zero-order chi connectivity index (χ0) is 21.8. The van der Waals surface area contributed by atoms with E-state index in [4.69, 9.17) is 9.47 Å². The van der Waals surface area contributed by atoms with Gasteiger partial charge < -0.3 is 14.4 Å². The van der Waals surface area contributed by atoms with E-state index in [2.05, 4.69) is 5.32 Å². The summed E-state index contributed by atoms with van der Waals surface area (Å²) < 4.78 is 10.8. The van der Waals surface area contributed by atoms with Crippen molar-refractivity contribution < 1.29 is 19.1 Å². The molecule has 2 atom stereocenters. The van der Waals surface area contributed by atoms with Gasteiger partial charge in [0.2, 0.25) is 0 Å². The summed E-state index contributed by atoms with van der Waals surface area (Å²) in [6.45, 7) is 3.60. The van der Waals surface area contributed by atoms with Crippen molar-refractivity contribution in [3.05, 3.63) is 53.6 Å². The predicted octanol–water partition coefficient (Wildman–Crippen LogP) is 5.27. The van der Waals surface area contributed by atoms with Gasteiger partial charge in [0.05, 0.1) is 12.7 Å². The average Bonchev–Trinajstić information content (AvgIpc) is 2.79. The Hall–Kier alpha value is -3.02. The van der Waals surface area contributed by atoms with Crippen LogP contribution in [0.3, 0.4) is 0 Å². The van der Waals surface area contributed by atoms with E-state index in [9.17, 15) is 9.59 Å². The fourth-order valence-electron chi connectivity index (χ4n) is 4.76. The van der Waals surface area contributed by atoms with Crippen molar-refractivity contribution in [3.63, 3.8) is 0 Å². The minimum absolute atomic E-state index is 0.00495. The monoisotopic (exact) mass is 422 g/mol. The van der Waals surface area contributed by atoms with Gasteiger partial charge in [0, 0.05) is 24.8 Å². The van der Waals surface area contributed by atoms with Gasteiger partial charge in [0.25, 0.3) is 5.91 Å². The molecule has 0 bridgehead atoms. The van der Waals surface area contributed by atoms with Gasteiger partial charge in [-0.2, -0.15) is 0 Å². The smallest absolute Gasteiger partial charge is 0.417 e. The summed E-state index contributed by atoms with van der Waals surface area (Å²) >= 11 is 0. The van der Waals surface area contributed by atoms with Gasteiger partial charge in [-0.15, -0.1) is 0 Å². The van der Waals surface area contributed by atoms with Crippen molar-refractivity contribution in [2.24, 2.45) is 11.8 Å². The average molecular weight is 423 g/mol. The summed E-state index contributed by atoms with van der Waals surface area (Å²) in [5, 5.41) is 2.70. The Morgan fingerprint density at radius 2 is 1.74 bits per heavy atom. The van der Waals surface area contributed by atoms with E-state index in [1.807, 2.05) is 24.0 Å². The van der Waals surface area contributed by atoms with Crippen LogP contribution in [-0.4, -0.2) is 37.1 Å². The van der Waals surface area contributed by atoms with Crippen molar-refractivity contribution >= 4 is 17.7 Å². The highest BCUT2D eigenvalue weighted by Gasteiger charge is 2.33. The number of amides is 2. The number of piperidine rings is 1. The Bertz CT molecular complexity index is 941. The molecular weight excluding hydrogens is 392 g/mol. The Balaban J connectivity index is 1.42. The normalized spacial score (nSPS) is 20.5. The van der Waals surface area contributed by atoms with E-state index in [0.717, 1.165) is 31.0 Å². The van der Waals surface area contributed by atoms with Gasteiger partial charge in [-0.05, 0) is 55.9 Å². The molecule has 6 heteroatoms. The highest BCUT2D eigenvalue weighted by atomic mass is 16.6. The Labute approximate surface area is 183 Å². The van der Waals surface area contributed by atoms with Crippen LogP contribution in [0.5, 0.6) is 11.5 Å². The van der Waals surface area contributed by atoms with Crippen molar-refractivity contribution in [2.45, 2.75) is 39.0 Å². The highest BCUT2D eigenvalue weighted by molar-refractivity contribution is 5.98. The van der Waals surface area contributed by atoms with Crippen LogP contribution in [0.1, 0.15) is 48.0 Å². The van der Waals surface area contributed by atoms with Gasteiger partial charge in [-0.25, -0.2) is 4.79 Å². The summed E-state index contributed by atoms with van der Waals surface area (Å²) in [4.78, 5) is 27.4. The molecule has 2 amide bonds. The number of fused-ring (bicyclic) bond motifs is 1. The molecule has 1 saturated heterocycles. The number of carbonyl (C=O) groups is 2. The molecule has 1 saturated carbocycles. The van der Waals surface area contributed by atoms with E-state index in [-0.39, 0.29) is 5.91 Å². The van der Waals surface area contributed by atoms with Gasteiger partial charge >= 0.3 is 6.09 Å². The molecule has 164 valence electrons. The zero-order valence-electron chi connectivity index (χ0n) is 18.2. The lowest BCUT2D eigenvalue weighted by Gasteiger charge is -2.41. The number of ether oxygens (including phenoxy) is 2. The van der Waals surface area contributed by atoms with Crippen LogP contribution in [0.2, 0.25) is 0 Å². The summed E-state index contributed by atoms with van der Waals surface area (Å²) in [6, 6.07) is 12.3. The predicted molar refractivity (Wildman–Crippen MR) is 120 cm³/mol. The second-order valence-electron chi connectivity index (χ2n) is 8.59. The molecule has 2 aromatic carbocycles. The van der Waals surface area contributed by atoms with Crippen molar-refractivity contribution in [2.75, 3.05) is 25.5 Å². The number of nitrogens with zero attached hydrogens (tertiary/aromatic N) is 1. The largest absolute Gasteiger partial charge is 0.496 e. The third kappa shape index (κ3) is 5.01. The number of methoxy groups -OCH3 is 1. The lowest BCUT2D eigenvalue weighted by molar-refractivity contribution is 0.0518. The number of aryl methyl sites for hydroxylation is 1. The fourth-order valence-corrected chi connectivity index (χ4v) is 4.76. The second kappa shape index (κ2) is 9.41. The molecular formula is C25H30N2O4. The summed E-state index contributed by atoms with van der Waals surface area (Å²) in [7, 11) is 1.54. The number of benzene rings is 2. The molecule has 1 aliphatic carbocycles. The number of likely N-dealkylation sites (tertiary alicyclic amines) is 1. The van der Waals surface area contributed by atoms with Crippen LogP contribution in [0, 0.1) is 18.8 Å². The SMILES string of the molecule is COc1cc(NC(=O)Oc2ccc(C)cc2)ccc1C(=O)N1CC[C@H]2CCCC[C@H]2C1. The minimum Gasteiger partial charge on any atom is -0.496 e. The van der Waals surface area contributed by atoms with E-state index in [1.54, 1.807) is 30.3 Å². The van der Waals surface area contributed by atoms with Gasteiger partial charge in [0.1, 0.15) is 11.5 Å². The topological polar surface area (TPSA) is 67.9 Å². The van der Waals surface area contributed by atoms with Gasteiger partial charge in [0.15, 0.2) is 0 Å². The first-order valence-electron chi connectivity index (χ1n) is 11.1. The molecule has 6 nitrogen and oxygen atoms in total. The fraction of sp³-hybridized carbons (Fsp3) is 0.440. The Kier molecular flexibility index (Phi) is 6.44. The lowest BCUT2D eigenvalue weighted by atomic mass is 9.75. The van der Waals surface area contributed by atoms with Crippen molar-refractivity contribution in [3.8, 4) is 11.5 Å². The van der Waals surface area contributed by atoms with E-state index >= 15 is 0 Å². The Morgan fingerprint density at radius 1 is 1.00 bits per heavy atom. The molecule has 4 rings (SSSR count). The number of rotatable bonds is 4. The molecule has 2 fully saturated rings. The minimum atomic E-state index is -0.593. The first-order chi connectivity index (χ1) is 15.0. The number of carbonyl (C=O) groups excluding carboxylic acids is 2. The molecule has 0 radical (unpaired) electrons. The van der Waals surface area contributed by atoms with Crippen molar-refractivity contribution in [1.82, 2.24) is 4.90 Å². The standard InChI is InChI=1S/C25H30N2O4/c1-17-7-10-21(11-8-17)31-25(29)26-20-9-12-22(23(15-20)30-2)24(28)27-14-13-18-5-3-4-6-19(18)16-27/h7-12,15,18-19H,3-6,13-14,16H2,1-2H3,(H,26,29)/t18-,19+/m1/s1. The Morgan fingerprint density at radius 3 is 2.48 bits per heavy atom. The maximum absolute atomic E-state index is 13.2. The molecule has 1 heterocycles. The van der Waals surface area contributed by atoms with Crippen LogP contribution in [0.15, 0.2) is 42.5 Å². The summed E-state index contributed by atoms with van der Waals surface area (Å²) in [5.41, 5.74) is 2.12. The van der Waals surface area contributed by atoms with Crippen LogP contribution in [-0.2, 0) is 0 Å². The first-order valence-corrected chi connectivity index (χ1v) is 11.1. The van der Waals surface area contributed by atoms with Crippen LogP contribution < -0.4 is 14.8 Å². The van der Waals surface area contributed by atoms with Gasteiger partial charge in [-0.3, -0.25) is 10.1 Å². The maximum atomic E-state index is 13.2. The van der Waals surface area contributed by atoms with E-state index in [1.165, 1.54) is 32.8 Å². The molecule has 1 N–H and O–H groups in total. The summed E-state index contributed by atoms with van der Waals surface area (Å²) in [6.07, 6.45) is 5.61. The molecule has 1 aliphatic heterocycles. The second-order valence-corrected chi connectivity index (χ2v) is 8.59. The van der Waals surface area contributed by atoms with Gasteiger partial charge in [-0.1, -0.05) is 37.0 Å². The first kappa shape index (κ1) is 21.2. The maximum Gasteiger partial charge on any atom is 0.417 e. The molecule has 2 aromatic rings. The third-order valence-corrected chi connectivity index (χ3v) is 6.49.